The second-order valence-electron chi connectivity index (χ2n) is 4.07. The number of carbonyl (C=O) groups is 1. The highest BCUT2D eigenvalue weighted by Crippen LogP contribution is 2.17. The zero-order valence-electron chi connectivity index (χ0n) is 9.97. The Morgan fingerprint density at radius 3 is 2.50 bits per heavy atom. The Bertz CT molecular complexity index is 605. The van der Waals surface area contributed by atoms with Crippen molar-refractivity contribution in [2.24, 2.45) is 0 Å². The van der Waals surface area contributed by atoms with E-state index in [0.717, 1.165) is 17.8 Å². The molecule has 94 valence electrons. The molecule has 0 unspecified atom stereocenters. The number of hydrogen-bond donors (Lipinski definition) is 2. The molecule has 1 amide bonds. The fraction of sp³-hybridized carbons (Fsp3) is 0.154. The first-order valence-corrected chi connectivity index (χ1v) is 5.40. The van der Waals surface area contributed by atoms with Crippen molar-refractivity contribution < 1.29 is 13.6 Å². The SMILES string of the molecule is Cc1cc(C(=O)Nc2ccc(F)cc2F)c(C)[nH]1. The molecule has 0 aliphatic heterocycles. The van der Waals surface area contributed by atoms with E-state index < -0.39 is 17.5 Å². The summed E-state index contributed by atoms with van der Waals surface area (Å²) in [7, 11) is 0. The standard InChI is InChI=1S/C13H12F2N2O/c1-7-5-10(8(2)16-7)13(18)17-12-4-3-9(14)6-11(12)15/h3-6,16H,1-2H3,(H,17,18). The zero-order valence-corrected chi connectivity index (χ0v) is 9.97. The molecule has 0 saturated carbocycles. The van der Waals surface area contributed by atoms with Crippen molar-refractivity contribution >= 4 is 11.6 Å². The Morgan fingerprint density at radius 1 is 1.22 bits per heavy atom. The highest BCUT2D eigenvalue weighted by atomic mass is 19.1. The van der Waals surface area contributed by atoms with Gasteiger partial charge in [0.25, 0.3) is 5.91 Å². The van der Waals surface area contributed by atoms with Crippen LogP contribution in [0.5, 0.6) is 0 Å². The van der Waals surface area contributed by atoms with Gasteiger partial charge in [-0.25, -0.2) is 8.78 Å². The lowest BCUT2D eigenvalue weighted by Gasteiger charge is -2.05. The molecule has 2 N–H and O–H groups in total. The number of aryl methyl sites for hydroxylation is 2. The van der Waals surface area contributed by atoms with Crippen LogP contribution < -0.4 is 5.32 Å². The second kappa shape index (κ2) is 4.60. The highest BCUT2D eigenvalue weighted by molar-refractivity contribution is 6.05. The number of amides is 1. The smallest absolute Gasteiger partial charge is 0.257 e. The Kier molecular flexibility index (Phi) is 3.14. The van der Waals surface area contributed by atoms with Crippen molar-refractivity contribution in [1.82, 2.24) is 4.98 Å². The van der Waals surface area contributed by atoms with E-state index >= 15 is 0 Å². The van der Waals surface area contributed by atoms with Gasteiger partial charge in [0.2, 0.25) is 0 Å². The molecule has 0 bridgehead atoms. The van der Waals surface area contributed by atoms with Gasteiger partial charge in [-0.2, -0.15) is 0 Å². The molecule has 0 aliphatic carbocycles. The molecular formula is C13H12F2N2O. The number of anilines is 1. The average molecular weight is 250 g/mol. The minimum Gasteiger partial charge on any atom is -0.362 e. The van der Waals surface area contributed by atoms with Crippen LogP contribution in [0.1, 0.15) is 21.7 Å². The Labute approximate surface area is 103 Å². The molecule has 18 heavy (non-hydrogen) atoms. The van der Waals surface area contributed by atoms with Gasteiger partial charge in [-0.1, -0.05) is 0 Å². The Balaban J connectivity index is 2.24. The normalized spacial score (nSPS) is 10.4. The van der Waals surface area contributed by atoms with Gasteiger partial charge < -0.3 is 10.3 Å². The molecule has 1 aromatic heterocycles. The molecule has 1 aromatic carbocycles. The molecule has 2 rings (SSSR count). The number of nitrogens with one attached hydrogen (secondary N) is 2. The largest absolute Gasteiger partial charge is 0.362 e. The van der Waals surface area contributed by atoms with Gasteiger partial charge in [-0.3, -0.25) is 4.79 Å². The van der Waals surface area contributed by atoms with Crippen molar-refractivity contribution in [2.75, 3.05) is 5.32 Å². The summed E-state index contributed by atoms with van der Waals surface area (Å²) in [6.07, 6.45) is 0. The van der Waals surface area contributed by atoms with Crippen molar-refractivity contribution in [2.45, 2.75) is 13.8 Å². The molecule has 0 fully saturated rings. The van der Waals surface area contributed by atoms with Crippen molar-refractivity contribution in [1.29, 1.82) is 0 Å². The minimum absolute atomic E-state index is 0.0420. The quantitative estimate of drug-likeness (QED) is 0.844. The molecule has 0 atom stereocenters. The van der Waals surface area contributed by atoms with Crippen LogP contribution in [-0.4, -0.2) is 10.9 Å². The third-order valence-electron chi connectivity index (χ3n) is 2.57. The number of aromatic nitrogens is 1. The fourth-order valence-electron chi connectivity index (χ4n) is 1.74. The predicted molar refractivity (Wildman–Crippen MR) is 64.6 cm³/mol. The lowest BCUT2D eigenvalue weighted by atomic mass is 10.2. The van der Waals surface area contributed by atoms with Crippen LogP contribution in [0.15, 0.2) is 24.3 Å². The van der Waals surface area contributed by atoms with E-state index in [1.807, 2.05) is 6.92 Å². The van der Waals surface area contributed by atoms with Crippen molar-refractivity contribution in [3.8, 4) is 0 Å². The number of halogens is 2. The van der Waals surface area contributed by atoms with Gasteiger partial charge in [-0.15, -0.1) is 0 Å². The van der Waals surface area contributed by atoms with Crippen LogP contribution in [0.3, 0.4) is 0 Å². The molecule has 0 spiro atoms. The summed E-state index contributed by atoms with van der Waals surface area (Å²) >= 11 is 0. The first-order chi connectivity index (χ1) is 8.47. The summed E-state index contributed by atoms with van der Waals surface area (Å²) in [5.41, 5.74) is 1.95. The number of carbonyl (C=O) groups excluding carboxylic acids is 1. The van der Waals surface area contributed by atoms with Crippen LogP contribution in [0.25, 0.3) is 0 Å². The maximum atomic E-state index is 13.4. The first kappa shape index (κ1) is 12.3. The molecular weight excluding hydrogens is 238 g/mol. The Morgan fingerprint density at radius 2 is 1.94 bits per heavy atom. The van der Waals surface area contributed by atoms with Gasteiger partial charge >= 0.3 is 0 Å². The van der Waals surface area contributed by atoms with E-state index in [4.69, 9.17) is 0 Å². The summed E-state index contributed by atoms with van der Waals surface area (Å²) in [6.45, 7) is 3.57. The predicted octanol–water partition coefficient (Wildman–Crippen LogP) is 3.16. The maximum Gasteiger partial charge on any atom is 0.257 e. The minimum atomic E-state index is -0.798. The monoisotopic (exact) mass is 250 g/mol. The van der Waals surface area contributed by atoms with E-state index in [9.17, 15) is 13.6 Å². The van der Waals surface area contributed by atoms with Crippen molar-refractivity contribution in [3.05, 3.63) is 52.9 Å². The van der Waals surface area contributed by atoms with E-state index in [1.54, 1.807) is 13.0 Å². The zero-order chi connectivity index (χ0) is 13.3. The summed E-state index contributed by atoms with van der Waals surface area (Å²) in [5, 5.41) is 2.41. The Hall–Kier alpha value is -2.17. The van der Waals surface area contributed by atoms with E-state index in [-0.39, 0.29) is 5.69 Å². The fourth-order valence-corrected chi connectivity index (χ4v) is 1.74. The lowest BCUT2D eigenvalue weighted by Crippen LogP contribution is -2.13. The number of rotatable bonds is 2. The number of H-pyrrole nitrogens is 1. The number of benzene rings is 1. The first-order valence-electron chi connectivity index (χ1n) is 5.40. The maximum absolute atomic E-state index is 13.4. The van der Waals surface area contributed by atoms with E-state index in [2.05, 4.69) is 10.3 Å². The molecule has 2 aromatic rings. The van der Waals surface area contributed by atoms with Gasteiger partial charge in [0.15, 0.2) is 0 Å². The average Bonchev–Trinajstić information content (AvgIpc) is 2.62. The van der Waals surface area contributed by atoms with Crippen LogP contribution in [0.4, 0.5) is 14.5 Å². The highest BCUT2D eigenvalue weighted by Gasteiger charge is 2.13. The van der Waals surface area contributed by atoms with Gasteiger partial charge in [0.05, 0.1) is 11.3 Å². The molecule has 0 saturated heterocycles. The van der Waals surface area contributed by atoms with Crippen LogP contribution in [-0.2, 0) is 0 Å². The summed E-state index contributed by atoms with van der Waals surface area (Å²) in [5.74, 6) is -1.91. The molecule has 0 aliphatic rings. The van der Waals surface area contributed by atoms with Crippen LogP contribution in [0.2, 0.25) is 0 Å². The van der Waals surface area contributed by atoms with E-state index in [1.165, 1.54) is 6.07 Å². The van der Waals surface area contributed by atoms with Gasteiger partial charge in [0.1, 0.15) is 11.6 Å². The summed E-state index contributed by atoms with van der Waals surface area (Å²) in [6, 6.07) is 4.68. The molecule has 1 heterocycles. The molecule has 3 nitrogen and oxygen atoms in total. The third kappa shape index (κ3) is 2.40. The number of hydrogen-bond acceptors (Lipinski definition) is 1. The molecule has 0 radical (unpaired) electrons. The molecule has 5 heteroatoms. The van der Waals surface area contributed by atoms with Gasteiger partial charge in [-0.05, 0) is 32.0 Å². The second-order valence-corrected chi connectivity index (χ2v) is 4.07. The van der Waals surface area contributed by atoms with E-state index in [0.29, 0.717) is 11.3 Å². The summed E-state index contributed by atoms with van der Waals surface area (Å²) in [4.78, 5) is 14.9. The van der Waals surface area contributed by atoms with Crippen LogP contribution >= 0.6 is 0 Å². The topological polar surface area (TPSA) is 44.9 Å². The lowest BCUT2D eigenvalue weighted by molar-refractivity contribution is 0.102. The summed E-state index contributed by atoms with van der Waals surface area (Å²) < 4.78 is 26.1. The van der Waals surface area contributed by atoms with Gasteiger partial charge in [0, 0.05) is 17.5 Å². The van der Waals surface area contributed by atoms with Crippen molar-refractivity contribution in [3.63, 3.8) is 0 Å². The van der Waals surface area contributed by atoms with Crippen LogP contribution in [0, 0.1) is 25.5 Å². The number of aromatic amines is 1. The third-order valence-corrected chi connectivity index (χ3v) is 2.57.